The van der Waals surface area contributed by atoms with Crippen molar-refractivity contribution in [2.75, 3.05) is 19.7 Å². The Bertz CT molecular complexity index is 1130. The first-order valence-electron chi connectivity index (χ1n) is 10.4. The average molecular weight is 409 g/mol. The lowest BCUT2D eigenvalue weighted by molar-refractivity contribution is 0.101. The molecule has 0 radical (unpaired) electrons. The van der Waals surface area contributed by atoms with E-state index < -0.39 is 0 Å². The van der Waals surface area contributed by atoms with Crippen molar-refractivity contribution in [1.82, 2.24) is 14.5 Å². The van der Waals surface area contributed by atoms with Crippen molar-refractivity contribution in [3.63, 3.8) is 0 Å². The molecule has 1 aromatic heterocycles. The molecule has 1 unspecified atom stereocenters. The predicted octanol–water partition coefficient (Wildman–Crippen LogP) is 3.47. The molecule has 2 N–H and O–H groups in total. The number of H-pyrrole nitrogens is 1. The largest absolute Gasteiger partial charge is 0.507 e. The number of nitrogens with one attached hydrogen (secondary N) is 1. The van der Waals surface area contributed by atoms with E-state index in [2.05, 4.69) is 9.88 Å². The maximum absolute atomic E-state index is 12.6. The molecule has 7 heteroatoms. The van der Waals surface area contributed by atoms with Crippen LogP contribution in [0, 0.1) is 0 Å². The Hall–Kier alpha value is -3.06. The van der Waals surface area contributed by atoms with Crippen LogP contribution in [-0.2, 0) is 6.54 Å². The molecule has 0 saturated carbocycles. The van der Waals surface area contributed by atoms with Gasteiger partial charge in [0.05, 0.1) is 29.2 Å². The molecule has 2 heterocycles. The van der Waals surface area contributed by atoms with Crippen LogP contribution in [0.1, 0.15) is 48.7 Å². The van der Waals surface area contributed by atoms with E-state index in [0.29, 0.717) is 24.5 Å². The Kier molecular flexibility index (Phi) is 5.63. The standard InChI is InChI=1S/C23H27N3O4/c1-3-30-22-12-21(28)18(15(2)27)11-16(22)13-25-10-6-7-17(14-25)26-20-9-5-4-8-19(20)24-23(26)29/h4-5,8-9,11-12,17,28H,3,6-7,10,13-14H2,1-2H3,(H,24,29). The first-order chi connectivity index (χ1) is 14.5. The third-order valence-corrected chi connectivity index (χ3v) is 5.72. The Balaban J connectivity index is 1.61. The second kappa shape index (κ2) is 8.36. The fourth-order valence-electron chi connectivity index (χ4n) is 4.37. The number of fused-ring (bicyclic) bond motifs is 1. The number of hydrogen-bond acceptors (Lipinski definition) is 5. The fraction of sp³-hybridized carbons (Fsp3) is 0.391. The maximum Gasteiger partial charge on any atom is 0.326 e. The molecule has 4 rings (SSSR count). The second-order valence-corrected chi connectivity index (χ2v) is 7.81. The van der Waals surface area contributed by atoms with Crippen LogP contribution < -0.4 is 10.4 Å². The normalized spacial score (nSPS) is 17.3. The van der Waals surface area contributed by atoms with Gasteiger partial charge in [0.2, 0.25) is 0 Å². The Morgan fingerprint density at radius 3 is 2.87 bits per heavy atom. The van der Waals surface area contributed by atoms with Crippen molar-refractivity contribution in [2.24, 2.45) is 0 Å². The molecule has 2 aromatic carbocycles. The Morgan fingerprint density at radius 1 is 1.30 bits per heavy atom. The highest BCUT2D eigenvalue weighted by molar-refractivity contribution is 5.97. The lowest BCUT2D eigenvalue weighted by Gasteiger charge is -2.33. The number of piperidine rings is 1. The third-order valence-electron chi connectivity index (χ3n) is 5.72. The minimum absolute atomic E-state index is 0.0587. The number of carbonyl (C=O) groups excluding carboxylic acids is 1. The molecule has 1 aliphatic heterocycles. The number of aromatic nitrogens is 2. The number of likely N-dealkylation sites (tertiary alicyclic amines) is 1. The summed E-state index contributed by atoms with van der Waals surface area (Å²) in [4.78, 5) is 29.7. The van der Waals surface area contributed by atoms with E-state index in [-0.39, 0.29) is 23.3 Å². The van der Waals surface area contributed by atoms with Crippen molar-refractivity contribution in [1.29, 1.82) is 0 Å². The number of rotatable bonds is 6. The molecule has 3 aromatic rings. The van der Waals surface area contributed by atoms with E-state index in [1.807, 2.05) is 35.8 Å². The van der Waals surface area contributed by atoms with Crippen molar-refractivity contribution < 1.29 is 14.6 Å². The quantitative estimate of drug-likeness (QED) is 0.609. The molecule has 7 nitrogen and oxygen atoms in total. The van der Waals surface area contributed by atoms with E-state index in [9.17, 15) is 14.7 Å². The fourth-order valence-corrected chi connectivity index (χ4v) is 4.37. The van der Waals surface area contributed by atoms with Crippen molar-refractivity contribution in [3.8, 4) is 11.5 Å². The molecule has 30 heavy (non-hydrogen) atoms. The Morgan fingerprint density at radius 2 is 2.10 bits per heavy atom. The number of ether oxygens (including phenoxy) is 1. The highest BCUT2D eigenvalue weighted by Gasteiger charge is 2.25. The van der Waals surface area contributed by atoms with Crippen LogP contribution in [0.15, 0.2) is 41.2 Å². The molecule has 1 fully saturated rings. The third kappa shape index (κ3) is 3.85. The van der Waals surface area contributed by atoms with Crippen molar-refractivity contribution in [3.05, 3.63) is 58.0 Å². The number of benzene rings is 2. The monoisotopic (exact) mass is 409 g/mol. The lowest BCUT2D eigenvalue weighted by atomic mass is 10.0. The van der Waals surface area contributed by atoms with E-state index in [1.165, 1.54) is 13.0 Å². The number of Topliss-reactive ketones (excluding diaryl/α,β-unsaturated/α-hetero) is 1. The number of phenolic OH excluding ortho intramolecular Hbond substituents is 1. The molecule has 0 spiro atoms. The predicted molar refractivity (Wildman–Crippen MR) is 115 cm³/mol. The van der Waals surface area contributed by atoms with Crippen LogP contribution in [-0.4, -0.2) is 45.0 Å². The summed E-state index contributed by atoms with van der Waals surface area (Å²) in [5.41, 5.74) is 2.86. The van der Waals surface area contributed by atoms with Gasteiger partial charge in [-0.25, -0.2) is 4.79 Å². The molecule has 1 atom stereocenters. The highest BCUT2D eigenvalue weighted by Crippen LogP contribution is 2.32. The number of ketones is 1. The summed E-state index contributed by atoms with van der Waals surface area (Å²) in [6.07, 6.45) is 1.91. The van der Waals surface area contributed by atoms with Gasteiger partial charge in [-0.1, -0.05) is 12.1 Å². The van der Waals surface area contributed by atoms with Gasteiger partial charge in [-0.05, 0) is 51.4 Å². The SMILES string of the molecule is CCOc1cc(O)c(C(C)=O)cc1CN1CCCC(n2c(=O)[nH]c3ccccc32)C1. The van der Waals surface area contributed by atoms with Gasteiger partial charge < -0.3 is 14.8 Å². The maximum atomic E-state index is 12.6. The minimum Gasteiger partial charge on any atom is -0.507 e. The molecular formula is C23H27N3O4. The van der Waals surface area contributed by atoms with E-state index >= 15 is 0 Å². The zero-order chi connectivity index (χ0) is 21.3. The van der Waals surface area contributed by atoms with Gasteiger partial charge in [-0.3, -0.25) is 14.3 Å². The number of hydrogen-bond donors (Lipinski definition) is 2. The summed E-state index contributed by atoms with van der Waals surface area (Å²) in [6.45, 7) is 6.02. The van der Waals surface area contributed by atoms with Gasteiger partial charge in [0.15, 0.2) is 5.78 Å². The number of carbonyl (C=O) groups is 1. The first kappa shape index (κ1) is 20.2. The molecule has 1 aliphatic rings. The van der Waals surface area contributed by atoms with Crippen LogP contribution in [0.3, 0.4) is 0 Å². The summed E-state index contributed by atoms with van der Waals surface area (Å²) < 4.78 is 7.58. The summed E-state index contributed by atoms with van der Waals surface area (Å²) in [7, 11) is 0. The number of aromatic amines is 1. The van der Waals surface area contributed by atoms with Gasteiger partial charge >= 0.3 is 5.69 Å². The molecule has 0 amide bonds. The Labute approximate surface area is 174 Å². The first-order valence-corrected chi connectivity index (χ1v) is 10.4. The van der Waals surface area contributed by atoms with Gasteiger partial charge in [0.1, 0.15) is 11.5 Å². The van der Waals surface area contributed by atoms with Crippen LogP contribution in [0.2, 0.25) is 0 Å². The van der Waals surface area contributed by atoms with Gasteiger partial charge in [0, 0.05) is 24.7 Å². The lowest BCUT2D eigenvalue weighted by Crippen LogP contribution is -2.38. The van der Waals surface area contributed by atoms with E-state index in [4.69, 9.17) is 4.74 Å². The molecule has 0 aliphatic carbocycles. The second-order valence-electron chi connectivity index (χ2n) is 7.81. The summed E-state index contributed by atoms with van der Waals surface area (Å²) in [5, 5.41) is 10.2. The van der Waals surface area contributed by atoms with Gasteiger partial charge in [0.25, 0.3) is 0 Å². The summed E-state index contributed by atoms with van der Waals surface area (Å²) in [5.74, 6) is 0.349. The number of imidazole rings is 1. The molecule has 0 bridgehead atoms. The van der Waals surface area contributed by atoms with Gasteiger partial charge in [-0.15, -0.1) is 0 Å². The van der Waals surface area contributed by atoms with E-state index in [0.717, 1.165) is 42.5 Å². The molecular weight excluding hydrogens is 382 g/mol. The topological polar surface area (TPSA) is 87.6 Å². The minimum atomic E-state index is -0.182. The van der Waals surface area contributed by atoms with Crippen LogP contribution in [0.25, 0.3) is 11.0 Å². The van der Waals surface area contributed by atoms with Crippen molar-refractivity contribution in [2.45, 2.75) is 39.3 Å². The summed E-state index contributed by atoms with van der Waals surface area (Å²) in [6, 6.07) is 11.1. The zero-order valence-corrected chi connectivity index (χ0v) is 17.4. The smallest absolute Gasteiger partial charge is 0.326 e. The molecule has 1 saturated heterocycles. The number of phenols is 1. The average Bonchev–Trinajstić information content (AvgIpc) is 3.05. The number of aromatic hydroxyl groups is 1. The zero-order valence-electron chi connectivity index (χ0n) is 17.4. The van der Waals surface area contributed by atoms with Crippen LogP contribution in [0.5, 0.6) is 11.5 Å². The summed E-state index contributed by atoms with van der Waals surface area (Å²) >= 11 is 0. The van der Waals surface area contributed by atoms with E-state index in [1.54, 1.807) is 6.07 Å². The number of nitrogens with zero attached hydrogens (tertiary/aromatic N) is 2. The van der Waals surface area contributed by atoms with Crippen LogP contribution in [0.4, 0.5) is 0 Å². The van der Waals surface area contributed by atoms with Crippen molar-refractivity contribution >= 4 is 16.8 Å². The molecule has 158 valence electrons. The number of para-hydroxylation sites is 2. The highest BCUT2D eigenvalue weighted by atomic mass is 16.5. The van der Waals surface area contributed by atoms with Gasteiger partial charge in [-0.2, -0.15) is 0 Å². The van der Waals surface area contributed by atoms with Crippen LogP contribution >= 0.6 is 0 Å².